The van der Waals surface area contributed by atoms with E-state index in [4.69, 9.17) is 15.9 Å². The number of para-hydroxylation sites is 1. The topological polar surface area (TPSA) is 125 Å². The second-order valence-electron chi connectivity index (χ2n) is 4.83. The largest absolute Gasteiger partial charge is 0.460 e. The van der Waals surface area contributed by atoms with Gasteiger partial charge in [0.05, 0.1) is 23.7 Å². The van der Waals surface area contributed by atoms with Gasteiger partial charge in [0, 0.05) is 18.2 Å². The van der Waals surface area contributed by atoms with Crippen LogP contribution in [0.3, 0.4) is 0 Å². The summed E-state index contributed by atoms with van der Waals surface area (Å²) in [7, 11) is 0. The zero-order valence-corrected chi connectivity index (χ0v) is 13.7. The third-order valence-electron chi connectivity index (χ3n) is 2.83. The summed E-state index contributed by atoms with van der Waals surface area (Å²) in [4.78, 5) is 32.8. The number of terminal acetylenes is 1. The van der Waals surface area contributed by atoms with Gasteiger partial charge in [0.1, 0.15) is 12.7 Å². The number of carbonyl (C=O) groups is 2. The normalized spacial score (nSPS) is 11.5. The van der Waals surface area contributed by atoms with Gasteiger partial charge >= 0.3 is 11.9 Å². The molecule has 0 aliphatic heterocycles. The minimum absolute atomic E-state index is 0.0803. The lowest BCUT2D eigenvalue weighted by Gasteiger charge is -2.11. The van der Waals surface area contributed by atoms with Crippen LogP contribution < -0.4 is 0 Å². The molecule has 9 heteroatoms. The van der Waals surface area contributed by atoms with E-state index >= 15 is 0 Å². The maximum absolute atomic E-state index is 11.4. The van der Waals surface area contributed by atoms with E-state index in [0.717, 1.165) is 12.2 Å². The third-order valence-corrected chi connectivity index (χ3v) is 2.83. The van der Waals surface area contributed by atoms with E-state index in [1.54, 1.807) is 6.07 Å². The first kappa shape index (κ1) is 20.8. The van der Waals surface area contributed by atoms with Crippen LogP contribution in [-0.2, 0) is 30.4 Å². The predicted octanol–water partition coefficient (Wildman–Crippen LogP) is 0.748. The fraction of sp³-hybridized carbons (Fsp3) is 0.294. The monoisotopic (exact) mass is 363 g/mol. The van der Waals surface area contributed by atoms with Crippen molar-refractivity contribution in [2.45, 2.75) is 12.7 Å². The molecular weight excluding hydrogens is 346 g/mol. The lowest BCUT2D eigenvalue weighted by molar-refractivity contribution is -0.386. The number of benzene rings is 1. The number of carbonyl (C=O) groups excluding carboxylic acids is 2. The van der Waals surface area contributed by atoms with Gasteiger partial charge in [0.25, 0.3) is 5.69 Å². The van der Waals surface area contributed by atoms with E-state index in [0.29, 0.717) is 5.56 Å². The van der Waals surface area contributed by atoms with Gasteiger partial charge < -0.3 is 19.3 Å². The lowest BCUT2D eigenvalue weighted by Crippen LogP contribution is -2.23. The van der Waals surface area contributed by atoms with E-state index in [9.17, 15) is 24.8 Å². The molecule has 0 spiro atoms. The molecule has 0 bridgehead atoms. The highest BCUT2D eigenvalue weighted by Gasteiger charge is 2.13. The number of rotatable bonds is 10. The van der Waals surface area contributed by atoms with Crippen molar-refractivity contribution in [1.29, 1.82) is 0 Å². The number of ether oxygens (including phenoxy) is 3. The molecule has 0 aliphatic carbocycles. The molecule has 0 aromatic heterocycles. The molecule has 0 amide bonds. The molecule has 26 heavy (non-hydrogen) atoms. The maximum Gasteiger partial charge on any atom is 0.331 e. The molecule has 1 unspecified atom stereocenters. The van der Waals surface area contributed by atoms with Gasteiger partial charge in [-0.05, 0) is 6.07 Å². The Labute approximate surface area is 149 Å². The number of nitrogens with zero attached hydrogens (tertiary/aromatic N) is 1. The van der Waals surface area contributed by atoms with Crippen LogP contribution in [0.25, 0.3) is 0 Å². The molecule has 9 nitrogen and oxygen atoms in total. The Hall–Kier alpha value is -3.22. The van der Waals surface area contributed by atoms with Gasteiger partial charge in [-0.15, -0.1) is 6.42 Å². The zero-order chi connectivity index (χ0) is 19.4. The SMILES string of the molecule is C#CCOC(=O)/C=C/C(=O)OCC(O)COCc1ccccc1[N+](=O)[O-]. The molecule has 1 atom stereocenters. The number of nitro groups is 1. The van der Waals surface area contributed by atoms with E-state index < -0.39 is 23.0 Å². The van der Waals surface area contributed by atoms with Crippen molar-refractivity contribution in [2.75, 3.05) is 19.8 Å². The minimum Gasteiger partial charge on any atom is -0.460 e. The zero-order valence-electron chi connectivity index (χ0n) is 13.7. The Bertz CT molecular complexity index is 707. The summed E-state index contributed by atoms with van der Waals surface area (Å²) >= 11 is 0. The van der Waals surface area contributed by atoms with Crippen LogP contribution in [-0.4, -0.2) is 47.9 Å². The number of aliphatic hydroxyl groups excluding tert-OH is 1. The predicted molar refractivity (Wildman–Crippen MR) is 88.7 cm³/mol. The van der Waals surface area contributed by atoms with Crippen molar-refractivity contribution in [3.05, 3.63) is 52.1 Å². The Morgan fingerprint density at radius 3 is 2.54 bits per heavy atom. The summed E-state index contributed by atoms with van der Waals surface area (Å²) < 4.78 is 14.4. The smallest absolute Gasteiger partial charge is 0.331 e. The standard InChI is InChI=1S/C17H17NO8/c1-2-9-25-16(20)7-8-17(21)26-12-14(19)11-24-10-13-5-3-4-6-15(13)18(22)23/h1,3-8,14,19H,9-12H2/b8-7+. The molecule has 1 aromatic carbocycles. The number of hydrogen-bond donors (Lipinski definition) is 1. The van der Waals surface area contributed by atoms with E-state index in [2.05, 4.69) is 10.7 Å². The van der Waals surface area contributed by atoms with Gasteiger partial charge in [0.15, 0.2) is 6.61 Å². The van der Waals surface area contributed by atoms with Crippen LogP contribution in [0.4, 0.5) is 5.69 Å². The number of esters is 2. The van der Waals surface area contributed by atoms with Crippen LogP contribution in [0.2, 0.25) is 0 Å². The minimum atomic E-state index is -1.14. The van der Waals surface area contributed by atoms with E-state index in [1.807, 2.05) is 0 Å². The van der Waals surface area contributed by atoms with Crippen LogP contribution >= 0.6 is 0 Å². The van der Waals surface area contributed by atoms with Crippen molar-refractivity contribution in [3.8, 4) is 12.3 Å². The van der Waals surface area contributed by atoms with Crippen molar-refractivity contribution in [1.82, 2.24) is 0 Å². The van der Waals surface area contributed by atoms with Gasteiger partial charge in [-0.25, -0.2) is 9.59 Å². The van der Waals surface area contributed by atoms with Gasteiger partial charge in [-0.2, -0.15) is 0 Å². The molecule has 0 radical (unpaired) electrons. The number of nitro benzene ring substituents is 1. The quantitative estimate of drug-likeness (QED) is 0.212. The summed E-state index contributed by atoms with van der Waals surface area (Å²) in [6, 6.07) is 6.04. The molecule has 1 N–H and O–H groups in total. The lowest BCUT2D eigenvalue weighted by atomic mass is 10.2. The van der Waals surface area contributed by atoms with Crippen LogP contribution in [0.1, 0.15) is 5.56 Å². The summed E-state index contributed by atoms with van der Waals surface area (Å²) in [5, 5.41) is 20.5. The van der Waals surface area contributed by atoms with E-state index in [1.165, 1.54) is 18.2 Å². The number of hydrogen-bond acceptors (Lipinski definition) is 8. The summed E-state index contributed by atoms with van der Waals surface area (Å²) in [6.45, 7) is -0.871. The highest BCUT2D eigenvalue weighted by atomic mass is 16.6. The third kappa shape index (κ3) is 8.05. The Morgan fingerprint density at radius 1 is 1.23 bits per heavy atom. The molecule has 0 saturated carbocycles. The van der Waals surface area contributed by atoms with Crippen molar-refractivity contribution in [3.63, 3.8) is 0 Å². The first-order valence-electron chi connectivity index (χ1n) is 7.37. The first-order chi connectivity index (χ1) is 12.4. The molecule has 0 fully saturated rings. The Balaban J connectivity index is 2.31. The van der Waals surface area contributed by atoms with Crippen molar-refractivity contribution < 1.29 is 33.8 Å². The second kappa shape index (κ2) is 11.4. The fourth-order valence-corrected chi connectivity index (χ4v) is 1.69. The highest BCUT2D eigenvalue weighted by molar-refractivity contribution is 5.91. The molecule has 1 aromatic rings. The Kier molecular flexibility index (Phi) is 9.09. The van der Waals surface area contributed by atoms with Crippen molar-refractivity contribution >= 4 is 17.6 Å². The van der Waals surface area contributed by atoms with Crippen molar-refractivity contribution in [2.24, 2.45) is 0 Å². The van der Waals surface area contributed by atoms with Gasteiger partial charge in [0.2, 0.25) is 0 Å². The van der Waals surface area contributed by atoms with Gasteiger partial charge in [-0.1, -0.05) is 18.1 Å². The number of aliphatic hydroxyl groups is 1. The molecular formula is C17H17NO8. The molecule has 138 valence electrons. The van der Waals surface area contributed by atoms with Crippen LogP contribution in [0, 0.1) is 22.5 Å². The molecule has 0 heterocycles. The van der Waals surface area contributed by atoms with Crippen LogP contribution in [0.5, 0.6) is 0 Å². The summed E-state index contributed by atoms with van der Waals surface area (Å²) in [6.07, 6.45) is 5.44. The maximum atomic E-state index is 11.4. The first-order valence-corrected chi connectivity index (χ1v) is 7.37. The average Bonchev–Trinajstić information content (AvgIpc) is 2.63. The fourth-order valence-electron chi connectivity index (χ4n) is 1.69. The highest BCUT2D eigenvalue weighted by Crippen LogP contribution is 2.18. The average molecular weight is 363 g/mol. The van der Waals surface area contributed by atoms with Gasteiger partial charge in [-0.3, -0.25) is 10.1 Å². The molecule has 0 saturated heterocycles. The second-order valence-corrected chi connectivity index (χ2v) is 4.83. The van der Waals surface area contributed by atoms with Crippen LogP contribution in [0.15, 0.2) is 36.4 Å². The molecule has 0 aliphatic rings. The summed E-state index contributed by atoms with van der Waals surface area (Å²) in [5.74, 6) is 0.431. The van der Waals surface area contributed by atoms with E-state index in [-0.39, 0.29) is 32.1 Å². The summed E-state index contributed by atoms with van der Waals surface area (Å²) in [5.41, 5.74) is 0.269. The Morgan fingerprint density at radius 2 is 1.88 bits per heavy atom. The molecule has 1 rings (SSSR count).